The Hall–Kier alpha value is -2.66. The fourth-order valence-electron chi connectivity index (χ4n) is 2.47. The monoisotopic (exact) mass is 352 g/mol. The summed E-state index contributed by atoms with van der Waals surface area (Å²) in [7, 11) is 0. The molecule has 4 nitrogen and oxygen atoms in total. The van der Waals surface area contributed by atoms with Gasteiger partial charge >= 0.3 is 0 Å². The predicted molar refractivity (Wildman–Crippen MR) is 100 cm³/mol. The molecule has 0 fully saturated rings. The summed E-state index contributed by atoms with van der Waals surface area (Å²) in [5.41, 5.74) is 2.62. The number of nitrogens with one attached hydrogen (secondary N) is 1. The molecule has 25 heavy (non-hydrogen) atoms. The number of carbonyl (C=O) groups is 1. The smallest absolute Gasteiger partial charge is 0.255 e. The summed E-state index contributed by atoms with van der Waals surface area (Å²) in [5.74, 6) is 0.450. The lowest BCUT2D eigenvalue weighted by Crippen LogP contribution is -2.26. The number of nitrogens with zero attached hydrogens (tertiary/aromatic N) is 1. The van der Waals surface area contributed by atoms with E-state index in [-0.39, 0.29) is 5.91 Å². The Balaban J connectivity index is 1.58. The van der Waals surface area contributed by atoms with Crippen LogP contribution in [0.15, 0.2) is 60.0 Å². The number of para-hydroxylation sites is 1. The van der Waals surface area contributed by atoms with Gasteiger partial charge in [0.2, 0.25) is 0 Å². The van der Waals surface area contributed by atoms with Crippen LogP contribution in [0.3, 0.4) is 0 Å². The molecule has 2 aromatic carbocycles. The molecular formula is C20H20N2O2S. The highest BCUT2D eigenvalue weighted by atomic mass is 32.1. The molecule has 0 aliphatic heterocycles. The summed E-state index contributed by atoms with van der Waals surface area (Å²) in [5, 5.41) is 5.93. The topological polar surface area (TPSA) is 51.2 Å². The van der Waals surface area contributed by atoms with Crippen molar-refractivity contribution in [3.63, 3.8) is 0 Å². The standard InChI is InChI=1S/C20H20N2O2S/c1-15-22-17(14-25-15)13-24-19-10-6-5-9-18(19)20(23)21-12-11-16-7-3-2-4-8-16/h2-10,14H,11-13H2,1H3,(H,21,23). The van der Waals surface area contributed by atoms with Crippen LogP contribution in [0.4, 0.5) is 0 Å². The van der Waals surface area contributed by atoms with Crippen LogP contribution in [0.25, 0.3) is 0 Å². The number of thiazole rings is 1. The van der Waals surface area contributed by atoms with Crippen LogP contribution in [0, 0.1) is 6.92 Å². The Morgan fingerprint density at radius 1 is 1.12 bits per heavy atom. The lowest BCUT2D eigenvalue weighted by Gasteiger charge is -2.11. The molecule has 0 aliphatic carbocycles. The molecule has 0 spiro atoms. The third kappa shape index (κ3) is 4.90. The molecule has 0 radical (unpaired) electrons. The van der Waals surface area contributed by atoms with Crippen molar-refractivity contribution in [2.75, 3.05) is 6.54 Å². The quantitative estimate of drug-likeness (QED) is 0.699. The molecule has 0 unspecified atom stereocenters. The number of hydrogen-bond acceptors (Lipinski definition) is 4. The maximum atomic E-state index is 12.5. The number of amides is 1. The number of carbonyl (C=O) groups excluding carboxylic acids is 1. The van der Waals surface area contributed by atoms with E-state index in [9.17, 15) is 4.79 Å². The molecule has 3 aromatic rings. The van der Waals surface area contributed by atoms with E-state index < -0.39 is 0 Å². The normalized spacial score (nSPS) is 10.4. The fourth-order valence-corrected chi connectivity index (χ4v) is 3.06. The van der Waals surface area contributed by atoms with Gasteiger partial charge in [0.05, 0.1) is 16.3 Å². The first-order chi connectivity index (χ1) is 12.2. The second-order valence-electron chi connectivity index (χ2n) is 5.63. The highest BCUT2D eigenvalue weighted by Crippen LogP contribution is 2.20. The lowest BCUT2D eigenvalue weighted by molar-refractivity contribution is 0.0949. The van der Waals surface area contributed by atoms with Gasteiger partial charge in [-0.25, -0.2) is 4.98 Å². The van der Waals surface area contributed by atoms with Gasteiger partial charge in [0, 0.05) is 11.9 Å². The van der Waals surface area contributed by atoms with Crippen molar-refractivity contribution in [3.05, 3.63) is 81.8 Å². The summed E-state index contributed by atoms with van der Waals surface area (Å²) >= 11 is 1.59. The third-order valence-corrected chi connectivity index (χ3v) is 4.54. The van der Waals surface area contributed by atoms with E-state index in [0.29, 0.717) is 24.5 Å². The minimum absolute atomic E-state index is 0.124. The zero-order chi connectivity index (χ0) is 17.5. The van der Waals surface area contributed by atoms with Crippen LogP contribution in [-0.2, 0) is 13.0 Å². The molecule has 0 aliphatic rings. The maximum absolute atomic E-state index is 12.5. The molecule has 1 aromatic heterocycles. The van der Waals surface area contributed by atoms with E-state index in [4.69, 9.17) is 4.74 Å². The van der Waals surface area contributed by atoms with Gasteiger partial charge in [-0.05, 0) is 31.0 Å². The molecule has 1 N–H and O–H groups in total. The van der Waals surface area contributed by atoms with Crippen molar-refractivity contribution in [1.82, 2.24) is 10.3 Å². The van der Waals surface area contributed by atoms with Gasteiger partial charge < -0.3 is 10.1 Å². The lowest BCUT2D eigenvalue weighted by atomic mass is 10.1. The first-order valence-electron chi connectivity index (χ1n) is 8.17. The number of aryl methyl sites for hydroxylation is 1. The first kappa shape index (κ1) is 17.2. The van der Waals surface area contributed by atoms with Gasteiger partial charge in [0.15, 0.2) is 0 Å². The number of ether oxygens (including phenoxy) is 1. The van der Waals surface area contributed by atoms with Crippen LogP contribution in [0.2, 0.25) is 0 Å². The largest absolute Gasteiger partial charge is 0.486 e. The van der Waals surface area contributed by atoms with Gasteiger partial charge in [0.25, 0.3) is 5.91 Å². The zero-order valence-electron chi connectivity index (χ0n) is 14.1. The molecule has 0 bridgehead atoms. The first-order valence-corrected chi connectivity index (χ1v) is 9.05. The second kappa shape index (κ2) is 8.44. The molecule has 5 heteroatoms. The molecule has 3 rings (SSSR count). The third-order valence-electron chi connectivity index (χ3n) is 3.72. The zero-order valence-corrected chi connectivity index (χ0v) is 14.9. The molecule has 0 saturated carbocycles. The molecular weight excluding hydrogens is 332 g/mol. The molecule has 1 amide bonds. The van der Waals surface area contributed by atoms with Crippen molar-refractivity contribution in [2.45, 2.75) is 20.0 Å². The van der Waals surface area contributed by atoms with E-state index in [1.54, 1.807) is 17.4 Å². The van der Waals surface area contributed by atoms with Crippen LogP contribution in [0.5, 0.6) is 5.75 Å². The fraction of sp³-hybridized carbons (Fsp3) is 0.200. The Morgan fingerprint density at radius 3 is 2.64 bits per heavy atom. The highest BCUT2D eigenvalue weighted by Gasteiger charge is 2.12. The summed E-state index contributed by atoms with van der Waals surface area (Å²) in [4.78, 5) is 16.8. The summed E-state index contributed by atoms with van der Waals surface area (Å²) in [6.45, 7) is 2.91. The van der Waals surface area contributed by atoms with Gasteiger partial charge in [-0.3, -0.25) is 4.79 Å². The van der Waals surface area contributed by atoms with Gasteiger partial charge in [-0.1, -0.05) is 42.5 Å². The van der Waals surface area contributed by atoms with Crippen LogP contribution < -0.4 is 10.1 Å². The number of benzene rings is 2. The van der Waals surface area contributed by atoms with Crippen molar-refractivity contribution in [1.29, 1.82) is 0 Å². The Bertz CT molecular complexity index is 830. The average Bonchev–Trinajstić information content (AvgIpc) is 3.06. The predicted octanol–water partition coefficient (Wildman–Crippen LogP) is 4.00. The van der Waals surface area contributed by atoms with Crippen LogP contribution >= 0.6 is 11.3 Å². The van der Waals surface area contributed by atoms with Crippen LogP contribution in [0.1, 0.15) is 26.6 Å². The van der Waals surface area contributed by atoms with Gasteiger partial charge in [0.1, 0.15) is 12.4 Å². The van der Waals surface area contributed by atoms with E-state index in [2.05, 4.69) is 22.4 Å². The van der Waals surface area contributed by atoms with Crippen molar-refractivity contribution in [3.8, 4) is 5.75 Å². The summed E-state index contributed by atoms with van der Waals surface area (Å²) < 4.78 is 5.81. The highest BCUT2D eigenvalue weighted by molar-refractivity contribution is 7.09. The van der Waals surface area contributed by atoms with Crippen LogP contribution in [-0.4, -0.2) is 17.4 Å². The van der Waals surface area contributed by atoms with E-state index in [1.807, 2.05) is 48.7 Å². The van der Waals surface area contributed by atoms with E-state index in [1.165, 1.54) is 5.56 Å². The Labute approximate surface area is 151 Å². The van der Waals surface area contributed by atoms with Gasteiger partial charge in [-0.2, -0.15) is 0 Å². The van der Waals surface area contributed by atoms with Crippen molar-refractivity contribution < 1.29 is 9.53 Å². The molecule has 1 heterocycles. The summed E-state index contributed by atoms with van der Waals surface area (Å²) in [6.07, 6.45) is 0.799. The van der Waals surface area contributed by atoms with E-state index in [0.717, 1.165) is 17.1 Å². The van der Waals surface area contributed by atoms with E-state index >= 15 is 0 Å². The number of rotatable bonds is 7. The average molecular weight is 352 g/mol. The number of hydrogen-bond donors (Lipinski definition) is 1. The molecule has 0 atom stereocenters. The SMILES string of the molecule is Cc1nc(COc2ccccc2C(=O)NCCc2ccccc2)cs1. The number of aromatic nitrogens is 1. The molecule has 128 valence electrons. The van der Waals surface area contributed by atoms with Gasteiger partial charge in [-0.15, -0.1) is 11.3 Å². The minimum atomic E-state index is -0.124. The summed E-state index contributed by atoms with van der Waals surface area (Å²) in [6, 6.07) is 17.4. The van der Waals surface area contributed by atoms with Crippen molar-refractivity contribution >= 4 is 17.2 Å². The Morgan fingerprint density at radius 2 is 1.88 bits per heavy atom. The molecule has 0 saturated heterocycles. The maximum Gasteiger partial charge on any atom is 0.255 e. The van der Waals surface area contributed by atoms with Crippen molar-refractivity contribution in [2.24, 2.45) is 0 Å². The second-order valence-corrected chi connectivity index (χ2v) is 6.70. The Kier molecular flexibility index (Phi) is 5.80. The minimum Gasteiger partial charge on any atom is -0.486 e.